The second-order valence-corrected chi connectivity index (χ2v) is 10.8. The van der Waals surface area contributed by atoms with Crippen LogP contribution in [0.15, 0.2) is 0 Å². The van der Waals surface area contributed by atoms with Gasteiger partial charge in [-0.25, -0.2) is 0 Å². The van der Waals surface area contributed by atoms with Crippen molar-refractivity contribution in [3.05, 3.63) is 6.42 Å². The Kier molecular flexibility index (Phi) is 15.0. The molecule has 0 saturated heterocycles. The highest BCUT2D eigenvalue weighted by Gasteiger charge is 2.33. The van der Waals surface area contributed by atoms with Crippen molar-refractivity contribution in [1.29, 1.82) is 0 Å². The Morgan fingerprint density at radius 1 is 0.538 bits per heavy atom. The summed E-state index contributed by atoms with van der Waals surface area (Å²) >= 11 is 0. The minimum Gasteiger partial charge on any atom is -0.0654 e. The van der Waals surface area contributed by atoms with Crippen molar-refractivity contribution in [2.24, 2.45) is 16.7 Å². The fourth-order valence-corrected chi connectivity index (χ4v) is 4.72. The average molecular weight is 366 g/mol. The lowest BCUT2D eigenvalue weighted by Crippen LogP contribution is -2.32. The van der Waals surface area contributed by atoms with Crippen LogP contribution in [0.25, 0.3) is 0 Å². The first-order chi connectivity index (χ1) is 12.2. The van der Waals surface area contributed by atoms with Crippen LogP contribution in [0, 0.1) is 23.2 Å². The van der Waals surface area contributed by atoms with Crippen molar-refractivity contribution >= 4 is 0 Å². The number of hydrogen-bond acceptors (Lipinski definition) is 0. The number of hydrogen-bond donors (Lipinski definition) is 0. The fourth-order valence-electron chi connectivity index (χ4n) is 4.72. The van der Waals surface area contributed by atoms with E-state index in [2.05, 4.69) is 54.9 Å². The van der Waals surface area contributed by atoms with Crippen LogP contribution < -0.4 is 0 Å². The van der Waals surface area contributed by atoms with Gasteiger partial charge in [0.15, 0.2) is 0 Å². The molecule has 0 heteroatoms. The van der Waals surface area contributed by atoms with Crippen LogP contribution >= 0.6 is 0 Å². The molecule has 0 fully saturated rings. The van der Waals surface area contributed by atoms with Gasteiger partial charge in [0.2, 0.25) is 0 Å². The first-order valence-electron chi connectivity index (χ1n) is 12.0. The van der Waals surface area contributed by atoms with Crippen LogP contribution in [0.1, 0.15) is 145 Å². The van der Waals surface area contributed by atoms with Crippen molar-refractivity contribution in [2.75, 3.05) is 0 Å². The molecule has 0 unspecified atom stereocenters. The minimum atomic E-state index is 0.419. The van der Waals surface area contributed by atoms with E-state index < -0.39 is 0 Å². The van der Waals surface area contributed by atoms with Crippen LogP contribution in [0.4, 0.5) is 0 Å². The molecule has 0 aliphatic heterocycles. The summed E-state index contributed by atoms with van der Waals surface area (Å²) in [5.74, 6) is 0.799. The highest BCUT2D eigenvalue weighted by atomic mass is 14.4. The van der Waals surface area contributed by atoms with Gasteiger partial charge in [0.1, 0.15) is 0 Å². The average Bonchev–Trinajstić information content (AvgIpc) is 2.52. The molecule has 0 rings (SSSR count). The zero-order valence-electron chi connectivity index (χ0n) is 19.8. The Balaban J connectivity index is 3.43. The van der Waals surface area contributed by atoms with Crippen molar-refractivity contribution in [3.8, 4) is 0 Å². The molecule has 0 saturated carbocycles. The smallest absolute Gasteiger partial charge is 0.0316 e. The van der Waals surface area contributed by atoms with E-state index >= 15 is 0 Å². The fraction of sp³-hybridized carbons (Fsp3) is 0.962. The largest absolute Gasteiger partial charge is 0.0654 e. The standard InChI is InChI=1S/C26H53/c1-8-9-10-11-12-13-14-15-16-17-18-19-20-21-22-23-24(25(2,3)4)26(5,6)7/h21,24H,8-20,22-23H2,1-7H3. The van der Waals surface area contributed by atoms with Crippen LogP contribution in [0.2, 0.25) is 0 Å². The molecule has 26 heavy (non-hydrogen) atoms. The molecule has 0 atom stereocenters. The van der Waals surface area contributed by atoms with Crippen LogP contribution in [-0.2, 0) is 0 Å². The predicted molar refractivity (Wildman–Crippen MR) is 122 cm³/mol. The molecule has 1 radical (unpaired) electrons. The molecule has 0 nitrogen and oxygen atoms in total. The molecule has 0 N–H and O–H groups in total. The summed E-state index contributed by atoms with van der Waals surface area (Å²) in [6, 6.07) is 0. The van der Waals surface area contributed by atoms with Gasteiger partial charge in [-0.3, -0.25) is 0 Å². The third-order valence-electron chi connectivity index (χ3n) is 6.01. The normalized spacial score (nSPS) is 12.9. The lowest BCUT2D eigenvalue weighted by atomic mass is 9.65. The zero-order chi connectivity index (χ0) is 19.9. The highest BCUT2D eigenvalue weighted by Crippen LogP contribution is 2.42. The van der Waals surface area contributed by atoms with E-state index in [-0.39, 0.29) is 0 Å². The van der Waals surface area contributed by atoms with Crippen LogP contribution in [0.3, 0.4) is 0 Å². The van der Waals surface area contributed by atoms with Crippen molar-refractivity contribution in [3.63, 3.8) is 0 Å². The van der Waals surface area contributed by atoms with E-state index in [1.165, 1.54) is 96.3 Å². The van der Waals surface area contributed by atoms with E-state index in [1.807, 2.05) is 0 Å². The van der Waals surface area contributed by atoms with Crippen molar-refractivity contribution < 1.29 is 0 Å². The van der Waals surface area contributed by atoms with Gasteiger partial charge in [-0.05, 0) is 36.0 Å². The van der Waals surface area contributed by atoms with Gasteiger partial charge >= 0.3 is 0 Å². The second-order valence-electron chi connectivity index (χ2n) is 10.8. The summed E-state index contributed by atoms with van der Waals surface area (Å²) in [7, 11) is 0. The highest BCUT2D eigenvalue weighted by molar-refractivity contribution is 4.85. The Bertz CT molecular complexity index is 274. The number of unbranched alkanes of at least 4 members (excludes halogenated alkanes) is 14. The molecule has 0 amide bonds. The molecule has 0 aliphatic carbocycles. The molecule has 0 aliphatic rings. The zero-order valence-corrected chi connectivity index (χ0v) is 19.8. The van der Waals surface area contributed by atoms with Gasteiger partial charge in [0, 0.05) is 0 Å². The molecule has 0 bridgehead atoms. The summed E-state index contributed by atoms with van der Waals surface area (Å²) in [5.41, 5.74) is 0.837. The van der Waals surface area contributed by atoms with Gasteiger partial charge in [0.05, 0.1) is 0 Å². The van der Waals surface area contributed by atoms with E-state index in [9.17, 15) is 0 Å². The summed E-state index contributed by atoms with van der Waals surface area (Å²) in [4.78, 5) is 0. The SMILES string of the molecule is CCCCCCCCCCCCCC[CH]CCC(C(C)(C)C)C(C)(C)C. The quantitative estimate of drug-likeness (QED) is 0.239. The molecular formula is C26H53. The van der Waals surface area contributed by atoms with Gasteiger partial charge < -0.3 is 0 Å². The molecule has 0 aromatic rings. The molecule has 0 spiro atoms. The molecule has 157 valence electrons. The summed E-state index contributed by atoms with van der Waals surface area (Å²) in [5, 5.41) is 0. The van der Waals surface area contributed by atoms with Gasteiger partial charge in [-0.2, -0.15) is 0 Å². The third-order valence-corrected chi connectivity index (χ3v) is 6.01. The minimum absolute atomic E-state index is 0.419. The first kappa shape index (κ1) is 26.0. The Labute approximate surface area is 168 Å². The Morgan fingerprint density at radius 2 is 0.923 bits per heavy atom. The summed E-state index contributed by atoms with van der Waals surface area (Å²) < 4.78 is 0. The topological polar surface area (TPSA) is 0 Å². The Hall–Kier alpha value is 0. The van der Waals surface area contributed by atoms with E-state index in [4.69, 9.17) is 0 Å². The van der Waals surface area contributed by atoms with E-state index in [1.54, 1.807) is 0 Å². The molecule has 0 aromatic carbocycles. The number of rotatable bonds is 16. The molecule has 0 aromatic heterocycles. The first-order valence-corrected chi connectivity index (χ1v) is 12.0. The molecular weight excluding hydrogens is 312 g/mol. The summed E-state index contributed by atoms with van der Waals surface area (Å²) in [6.45, 7) is 16.8. The second kappa shape index (κ2) is 15.0. The van der Waals surface area contributed by atoms with E-state index in [0.717, 1.165) is 5.92 Å². The van der Waals surface area contributed by atoms with E-state index in [0.29, 0.717) is 10.8 Å². The maximum atomic E-state index is 2.57. The summed E-state index contributed by atoms with van der Waals surface area (Å²) in [6.07, 6.45) is 23.9. The molecule has 0 heterocycles. The van der Waals surface area contributed by atoms with Gasteiger partial charge in [-0.15, -0.1) is 0 Å². The lowest BCUT2D eigenvalue weighted by Gasteiger charge is -2.41. The van der Waals surface area contributed by atoms with Crippen LogP contribution in [0.5, 0.6) is 0 Å². The monoisotopic (exact) mass is 365 g/mol. The van der Waals surface area contributed by atoms with Crippen molar-refractivity contribution in [1.82, 2.24) is 0 Å². The lowest BCUT2D eigenvalue weighted by molar-refractivity contribution is 0.0927. The van der Waals surface area contributed by atoms with Gasteiger partial charge in [0.25, 0.3) is 0 Å². The van der Waals surface area contributed by atoms with Crippen LogP contribution in [-0.4, -0.2) is 0 Å². The van der Waals surface area contributed by atoms with Crippen molar-refractivity contribution in [2.45, 2.75) is 145 Å². The maximum Gasteiger partial charge on any atom is -0.0316 e. The van der Waals surface area contributed by atoms with Gasteiger partial charge in [-0.1, -0.05) is 132 Å². The predicted octanol–water partition coefficient (Wildman–Crippen LogP) is 9.77. The third kappa shape index (κ3) is 15.1. The Morgan fingerprint density at radius 3 is 1.31 bits per heavy atom. The maximum absolute atomic E-state index is 2.57.